The minimum atomic E-state index is -4.31. The topological polar surface area (TPSA) is 125 Å². The fourth-order valence-electron chi connectivity index (χ4n) is 4.47. The molecule has 2 aliphatic heterocycles. The number of anilines is 1. The minimum absolute atomic E-state index is 0.0873. The lowest BCUT2D eigenvalue weighted by Gasteiger charge is -2.30. The highest BCUT2D eigenvalue weighted by Gasteiger charge is 2.35. The van der Waals surface area contributed by atoms with Crippen molar-refractivity contribution in [1.82, 2.24) is 14.9 Å². The lowest BCUT2D eigenvalue weighted by Crippen LogP contribution is -2.53. The number of carbonyl (C=O) groups excluding carboxylic acids is 3. The zero-order chi connectivity index (χ0) is 27.4. The van der Waals surface area contributed by atoms with Crippen molar-refractivity contribution in [2.75, 3.05) is 44.3 Å². The van der Waals surface area contributed by atoms with Gasteiger partial charge in [0.25, 0.3) is 11.8 Å². The molecule has 14 heteroatoms. The number of morpholine rings is 1. The molecule has 0 radical (unpaired) electrons. The second kappa shape index (κ2) is 12.1. The molecule has 206 valence electrons. The van der Waals surface area contributed by atoms with E-state index in [1.54, 1.807) is 19.1 Å². The van der Waals surface area contributed by atoms with Gasteiger partial charge in [0.15, 0.2) is 0 Å². The van der Waals surface area contributed by atoms with Crippen molar-refractivity contribution in [3.05, 3.63) is 45.1 Å². The maximum atomic E-state index is 13.8. The normalized spacial score (nSPS) is 19.0. The van der Waals surface area contributed by atoms with Gasteiger partial charge in [0.2, 0.25) is 15.9 Å². The molecule has 2 saturated heterocycles. The molecule has 0 spiro atoms. The van der Waals surface area contributed by atoms with Crippen molar-refractivity contribution in [2.45, 2.75) is 36.9 Å². The first-order valence-corrected chi connectivity index (χ1v) is 14.8. The predicted octanol–water partition coefficient (Wildman–Crippen LogP) is 1.97. The van der Waals surface area contributed by atoms with Crippen molar-refractivity contribution in [2.24, 2.45) is 0 Å². The highest BCUT2D eigenvalue weighted by atomic mass is 35.5. The quantitative estimate of drug-likeness (QED) is 0.463. The minimum Gasteiger partial charge on any atom is -0.370 e. The van der Waals surface area contributed by atoms with Crippen molar-refractivity contribution in [3.63, 3.8) is 0 Å². The molecule has 2 aliphatic rings. The molecule has 0 saturated carbocycles. The number of halogens is 2. The van der Waals surface area contributed by atoms with E-state index in [4.69, 9.17) is 16.3 Å². The van der Waals surface area contributed by atoms with E-state index < -0.39 is 34.1 Å². The van der Waals surface area contributed by atoms with Crippen LogP contribution >= 0.6 is 22.9 Å². The van der Waals surface area contributed by atoms with Gasteiger partial charge in [-0.05, 0) is 42.7 Å². The molecule has 3 heterocycles. The summed E-state index contributed by atoms with van der Waals surface area (Å²) in [5.74, 6) is -1.45. The summed E-state index contributed by atoms with van der Waals surface area (Å²) in [5.41, 5.74) is 0.859. The van der Waals surface area contributed by atoms with Gasteiger partial charge in [-0.3, -0.25) is 14.4 Å². The van der Waals surface area contributed by atoms with Gasteiger partial charge in [-0.25, -0.2) is 12.8 Å². The molecule has 3 amide bonds. The van der Waals surface area contributed by atoms with E-state index in [2.05, 4.69) is 10.0 Å². The Morgan fingerprint density at radius 2 is 2.05 bits per heavy atom. The number of ether oxygens (including phenoxy) is 1. The number of carbonyl (C=O) groups is 3. The molecule has 2 atom stereocenters. The van der Waals surface area contributed by atoms with Gasteiger partial charge < -0.3 is 19.9 Å². The Bertz CT molecular complexity index is 1320. The van der Waals surface area contributed by atoms with Crippen molar-refractivity contribution >= 4 is 56.4 Å². The van der Waals surface area contributed by atoms with Crippen LogP contribution in [0.3, 0.4) is 0 Å². The molecule has 4 rings (SSSR count). The fraction of sp³-hybridized carbons (Fsp3) is 0.458. The van der Waals surface area contributed by atoms with E-state index in [1.807, 2.05) is 0 Å². The third kappa shape index (κ3) is 6.34. The number of benzene rings is 1. The number of nitrogens with zero attached hydrogens (tertiary/aromatic N) is 2. The van der Waals surface area contributed by atoms with Crippen LogP contribution in [0.1, 0.15) is 28.6 Å². The number of likely N-dealkylation sites (tertiary alicyclic amines) is 1. The first-order valence-electron chi connectivity index (χ1n) is 12.1. The number of hydrogen-bond acceptors (Lipinski definition) is 7. The van der Waals surface area contributed by atoms with E-state index in [0.717, 1.165) is 11.3 Å². The zero-order valence-corrected chi connectivity index (χ0v) is 23.0. The lowest BCUT2D eigenvalue weighted by atomic mass is 10.1. The third-order valence-electron chi connectivity index (χ3n) is 6.33. The number of nitrogens with one attached hydrogen (secondary N) is 2. The number of sulfonamides is 1. The monoisotopic (exact) mass is 586 g/mol. The van der Waals surface area contributed by atoms with Gasteiger partial charge in [0.1, 0.15) is 18.8 Å². The number of thiophene rings is 1. The number of hydrogen-bond donors (Lipinski definition) is 2. The predicted molar refractivity (Wildman–Crippen MR) is 141 cm³/mol. The van der Waals surface area contributed by atoms with E-state index in [9.17, 15) is 27.2 Å². The average Bonchev–Trinajstić information content (AvgIpc) is 3.54. The van der Waals surface area contributed by atoms with Crippen LogP contribution in [0.4, 0.5) is 10.1 Å². The van der Waals surface area contributed by atoms with Gasteiger partial charge in [-0.1, -0.05) is 24.6 Å². The lowest BCUT2D eigenvalue weighted by molar-refractivity contribution is -0.132. The number of alkyl halides is 1. The molecule has 0 unspecified atom stereocenters. The van der Waals surface area contributed by atoms with Crippen LogP contribution < -0.4 is 14.9 Å². The second-order valence-corrected chi connectivity index (χ2v) is 12.3. The number of amides is 3. The van der Waals surface area contributed by atoms with E-state index in [0.29, 0.717) is 33.5 Å². The Morgan fingerprint density at radius 3 is 2.68 bits per heavy atom. The zero-order valence-electron chi connectivity index (χ0n) is 20.6. The van der Waals surface area contributed by atoms with Gasteiger partial charge in [0, 0.05) is 25.3 Å². The standard InChI is InChI=1S/C24H28ClFN4O6S2/c1-2-16-18(30-10-11-36-14-22(30)31)4-3-5-20(16)38(34,35)28-17(24(33)29-9-8-15(26)13-29)12-27-23(32)19-6-7-21(25)37-19/h3-7,15,17,28H,2,8-14H2,1H3,(H,27,32)/t15-,17-/m0/s1. The highest BCUT2D eigenvalue weighted by molar-refractivity contribution is 7.89. The van der Waals surface area contributed by atoms with Crippen LogP contribution in [-0.2, 0) is 30.8 Å². The molecule has 0 bridgehead atoms. The van der Waals surface area contributed by atoms with E-state index >= 15 is 0 Å². The molecule has 1 aromatic carbocycles. The van der Waals surface area contributed by atoms with Crippen LogP contribution in [0.5, 0.6) is 0 Å². The molecule has 2 N–H and O–H groups in total. The van der Waals surface area contributed by atoms with E-state index in [1.165, 1.54) is 28.0 Å². The summed E-state index contributed by atoms with van der Waals surface area (Å²) in [6, 6.07) is 6.28. The molecule has 1 aromatic heterocycles. The SMILES string of the molecule is CCc1c(N2CCOCC2=O)cccc1S(=O)(=O)N[C@@H](CNC(=O)c1ccc(Cl)s1)C(=O)N1CC[C@H](F)C1. The summed E-state index contributed by atoms with van der Waals surface area (Å²) >= 11 is 6.94. The third-order valence-corrected chi connectivity index (χ3v) is 9.12. The van der Waals surface area contributed by atoms with Gasteiger partial charge in [-0.15, -0.1) is 11.3 Å². The molecule has 2 fully saturated rings. The summed E-state index contributed by atoms with van der Waals surface area (Å²) in [5, 5.41) is 2.58. The first-order chi connectivity index (χ1) is 18.1. The summed E-state index contributed by atoms with van der Waals surface area (Å²) in [4.78, 5) is 41.2. The molecule has 2 aromatic rings. The Kier molecular flexibility index (Phi) is 9.04. The van der Waals surface area contributed by atoms with E-state index in [-0.39, 0.29) is 50.0 Å². The van der Waals surface area contributed by atoms with Crippen LogP contribution in [0.15, 0.2) is 35.2 Å². The summed E-state index contributed by atoms with van der Waals surface area (Å²) in [7, 11) is -4.31. The van der Waals surface area contributed by atoms with Crippen molar-refractivity contribution in [1.29, 1.82) is 0 Å². The van der Waals surface area contributed by atoms with Crippen LogP contribution in [0.2, 0.25) is 4.34 Å². The van der Waals surface area contributed by atoms with Crippen molar-refractivity contribution < 1.29 is 31.9 Å². The van der Waals surface area contributed by atoms with Gasteiger partial charge >= 0.3 is 0 Å². The Labute approximate surface area is 229 Å². The number of rotatable bonds is 9. The highest BCUT2D eigenvalue weighted by Crippen LogP contribution is 2.29. The molecule has 0 aliphatic carbocycles. The molecular formula is C24H28ClFN4O6S2. The Morgan fingerprint density at radius 1 is 1.26 bits per heavy atom. The fourth-order valence-corrected chi connectivity index (χ4v) is 6.95. The maximum Gasteiger partial charge on any atom is 0.261 e. The maximum absolute atomic E-state index is 13.8. The Balaban J connectivity index is 1.61. The molecular weight excluding hydrogens is 559 g/mol. The van der Waals surface area contributed by atoms with Crippen LogP contribution in [0, 0.1) is 0 Å². The first kappa shape index (κ1) is 28.4. The van der Waals surface area contributed by atoms with Crippen LogP contribution in [-0.4, -0.2) is 82.6 Å². The van der Waals surface area contributed by atoms with Gasteiger partial charge in [-0.2, -0.15) is 4.72 Å². The molecule has 10 nitrogen and oxygen atoms in total. The second-order valence-electron chi connectivity index (χ2n) is 8.86. The summed E-state index contributed by atoms with van der Waals surface area (Å²) < 4.78 is 49.1. The molecule has 38 heavy (non-hydrogen) atoms. The summed E-state index contributed by atoms with van der Waals surface area (Å²) in [6.07, 6.45) is -0.754. The largest absolute Gasteiger partial charge is 0.370 e. The summed E-state index contributed by atoms with van der Waals surface area (Å²) in [6.45, 7) is 1.90. The Hall–Kier alpha value is -2.58. The smallest absolute Gasteiger partial charge is 0.261 e. The van der Waals surface area contributed by atoms with Crippen LogP contribution in [0.25, 0.3) is 0 Å². The average molecular weight is 587 g/mol. The van der Waals surface area contributed by atoms with Crippen molar-refractivity contribution in [3.8, 4) is 0 Å². The van der Waals surface area contributed by atoms with Gasteiger partial charge in [0.05, 0.1) is 27.3 Å².